The van der Waals surface area contributed by atoms with Crippen LogP contribution in [-0.4, -0.2) is 35.1 Å². The Morgan fingerprint density at radius 2 is 2.09 bits per heavy atom. The molecule has 1 aromatic carbocycles. The number of nitrogens with one attached hydrogen (secondary N) is 1. The minimum absolute atomic E-state index is 0.325. The summed E-state index contributed by atoms with van der Waals surface area (Å²) in [5, 5.41) is 2.64. The van der Waals surface area contributed by atoms with Gasteiger partial charge >= 0.3 is 6.09 Å². The van der Waals surface area contributed by atoms with Crippen molar-refractivity contribution in [3.05, 3.63) is 30.1 Å². The first-order valence-electron chi connectivity index (χ1n) is 7.32. The molecule has 2 rings (SSSR count). The predicted molar refractivity (Wildman–Crippen MR) is 81.0 cm³/mol. The van der Waals surface area contributed by atoms with E-state index in [-0.39, 0.29) is 5.91 Å². The van der Waals surface area contributed by atoms with Gasteiger partial charge in [-0.15, -0.1) is 0 Å². The fourth-order valence-corrected chi connectivity index (χ4v) is 2.37. The molecule has 6 heteroatoms. The van der Waals surface area contributed by atoms with Crippen molar-refractivity contribution in [3.8, 4) is 0 Å². The Hall–Kier alpha value is -2.11. The molecule has 1 saturated heterocycles. The van der Waals surface area contributed by atoms with E-state index < -0.39 is 23.6 Å². The number of likely N-dealkylation sites (tertiary alicyclic amines) is 1. The van der Waals surface area contributed by atoms with Crippen LogP contribution in [-0.2, 0) is 9.53 Å². The van der Waals surface area contributed by atoms with Crippen molar-refractivity contribution in [1.29, 1.82) is 0 Å². The van der Waals surface area contributed by atoms with Gasteiger partial charge in [0.2, 0.25) is 5.91 Å². The number of rotatable bonds is 2. The van der Waals surface area contributed by atoms with E-state index in [1.165, 1.54) is 23.1 Å². The molecule has 1 aromatic rings. The molecule has 120 valence electrons. The molecule has 0 bridgehead atoms. The van der Waals surface area contributed by atoms with Gasteiger partial charge < -0.3 is 10.1 Å². The molecule has 1 fully saturated rings. The number of hydrogen-bond donors (Lipinski definition) is 1. The van der Waals surface area contributed by atoms with E-state index in [1.54, 1.807) is 26.8 Å². The molecule has 1 heterocycles. The topological polar surface area (TPSA) is 58.6 Å². The summed E-state index contributed by atoms with van der Waals surface area (Å²) in [6, 6.07) is 5.08. The zero-order valence-electron chi connectivity index (χ0n) is 13.1. The van der Waals surface area contributed by atoms with Gasteiger partial charge in [-0.3, -0.25) is 9.69 Å². The Labute approximate surface area is 129 Å². The molecule has 2 amide bonds. The van der Waals surface area contributed by atoms with Crippen LogP contribution in [0, 0.1) is 5.82 Å². The third kappa shape index (κ3) is 4.19. The number of ether oxygens (including phenoxy) is 1. The first-order valence-corrected chi connectivity index (χ1v) is 7.32. The fourth-order valence-electron chi connectivity index (χ4n) is 2.37. The summed E-state index contributed by atoms with van der Waals surface area (Å²) in [4.78, 5) is 25.9. The molecule has 0 radical (unpaired) electrons. The van der Waals surface area contributed by atoms with Gasteiger partial charge in [-0.1, -0.05) is 6.07 Å². The Morgan fingerprint density at radius 3 is 2.73 bits per heavy atom. The molecule has 5 nitrogen and oxygen atoms in total. The van der Waals surface area contributed by atoms with Gasteiger partial charge in [-0.05, 0) is 51.8 Å². The number of hydrogen-bond acceptors (Lipinski definition) is 3. The van der Waals surface area contributed by atoms with Crippen LogP contribution in [0.2, 0.25) is 0 Å². The van der Waals surface area contributed by atoms with E-state index in [2.05, 4.69) is 5.32 Å². The summed E-state index contributed by atoms with van der Waals surface area (Å²) in [6.07, 6.45) is 0.810. The van der Waals surface area contributed by atoms with Crippen LogP contribution in [0.4, 0.5) is 14.9 Å². The van der Waals surface area contributed by atoms with Gasteiger partial charge in [0.15, 0.2) is 0 Å². The van der Waals surface area contributed by atoms with Gasteiger partial charge in [0, 0.05) is 12.2 Å². The number of anilines is 1. The van der Waals surface area contributed by atoms with E-state index in [4.69, 9.17) is 4.74 Å². The zero-order valence-corrected chi connectivity index (χ0v) is 13.1. The number of nitrogens with zero attached hydrogens (tertiary/aromatic N) is 1. The molecule has 1 atom stereocenters. The maximum atomic E-state index is 13.1. The van der Waals surface area contributed by atoms with E-state index in [1.807, 2.05) is 0 Å². The molecule has 0 aliphatic carbocycles. The molecule has 1 N–H and O–H groups in total. The van der Waals surface area contributed by atoms with Crippen LogP contribution in [0.3, 0.4) is 0 Å². The lowest BCUT2D eigenvalue weighted by molar-refractivity contribution is -0.120. The van der Waals surface area contributed by atoms with Crippen LogP contribution < -0.4 is 5.32 Å². The lowest BCUT2D eigenvalue weighted by atomic mass is 10.2. The second-order valence-corrected chi connectivity index (χ2v) is 6.33. The lowest BCUT2D eigenvalue weighted by Gasteiger charge is -2.28. The van der Waals surface area contributed by atoms with Gasteiger partial charge in [0.25, 0.3) is 0 Å². The van der Waals surface area contributed by atoms with Crippen molar-refractivity contribution in [2.24, 2.45) is 0 Å². The standard InChI is InChI=1S/C16H21FN2O3/c1-16(2,3)22-15(21)19-9-5-8-13(19)14(20)18-12-7-4-6-11(17)10-12/h4,6-7,10,13H,5,8-9H2,1-3H3,(H,18,20). The van der Waals surface area contributed by atoms with Gasteiger partial charge in [-0.25, -0.2) is 9.18 Å². The third-order valence-electron chi connectivity index (χ3n) is 3.28. The average molecular weight is 308 g/mol. The van der Waals surface area contributed by atoms with Crippen LogP contribution in [0.1, 0.15) is 33.6 Å². The smallest absolute Gasteiger partial charge is 0.410 e. The predicted octanol–water partition coefficient (Wildman–Crippen LogP) is 3.16. The van der Waals surface area contributed by atoms with Crippen molar-refractivity contribution in [1.82, 2.24) is 4.90 Å². The quantitative estimate of drug-likeness (QED) is 0.913. The van der Waals surface area contributed by atoms with Gasteiger partial charge in [-0.2, -0.15) is 0 Å². The highest BCUT2D eigenvalue weighted by molar-refractivity contribution is 5.96. The van der Waals surface area contributed by atoms with Crippen LogP contribution in [0.15, 0.2) is 24.3 Å². The Morgan fingerprint density at radius 1 is 1.36 bits per heavy atom. The van der Waals surface area contributed by atoms with Gasteiger partial charge in [0.05, 0.1) is 0 Å². The Bertz CT molecular complexity index is 569. The van der Waals surface area contributed by atoms with Crippen molar-refractivity contribution in [2.45, 2.75) is 45.3 Å². The van der Waals surface area contributed by atoms with Crippen molar-refractivity contribution < 1.29 is 18.7 Å². The highest BCUT2D eigenvalue weighted by Crippen LogP contribution is 2.22. The molecule has 0 aromatic heterocycles. The minimum atomic E-state index is -0.608. The lowest BCUT2D eigenvalue weighted by Crippen LogP contribution is -2.45. The van der Waals surface area contributed by atoms with Crippen molar-refractivity contribution in [3.63, 3.8) is 0 Å². The molecule has 0 spiro atoms. The van der Waals surface area contributed by atoms with E-state index in [0.29, 0.717) is 18.7 Å². The fraction of sp³-hybridized carbons (Fsp3) is 0.500. The Kier molecular flexibility index (Phi) is 4.68. The molecule has 1 aliphatic rings. The molecular weight excluding hydrogens is 287 g/mol. The minimum Gasteiger partial charge on any atom is -0.444 e. The summed E-state index contributed by atoms with van der Waals surface area (Å²) < 4.78 is 18.5. The number of carbonyl (C=O) groups is 2. The number of halogens is 1. The van der Waals surface area contributed by atoms with Crippen molar-refractivity contribution in [2.75, 3.05) is 11.9 Å². The molecule has 0 saturated carbocycles. The summed E-state index contributed by atoms with van der Waals surface area (Å²) in [5.74, 6) is -0.748. The SMILES string of the molecule is CC(C)(C)OC(=O)N1CCCC1C(=O)Nc1cccc(F)c1. The second kappa shape index (κ2) is 6.34. The van der Waals surface area contributed by atoms with Crippen molar-refractivity contribution >= 4 is 17.7 Å². The molecule has 22 heavy (non-hydrogen) atoms. The number of amides is 2. The largest absolute Gasteiger partial charge is 0.444 e. The third-order valence-corrected chi connectivity index (χ3v) is 3.28. The van der Waals surface area contributed by atoms with Crippen LogP contribution in [0.25, 0.3) is 0 Å². The summed E-state index contributed by atoms with van der Waals surface area (Å²) >= 11 is 0. The first-order chi connectivity index (χ1) is 10.3. The summed E-state index contributed by atoms with van der Waals surface area (Å²) in [6.45, 7) is 5.82. The monoisotopic (exact) mass is 308 g/mol. The molecular formula is C16H21FN2O3. The van der Waals surface area contributed by atoms with E-state index in [9.17, 15) is 14.0 Å². The van der Waals surface area contributed by atoms with Crippen LogP contribution >= 0.6 is 0 Å². The number of carbonyl (C=O) groups excluding carboxylic acids is 2. The van der Waals surface area contributed by atoms with Crippen LogP contribution in [0.5, 0.6) is 0 Å². The zero-order chi connectivity index (χ0) is 16.3. The maximum absolute atomic E-state index is 13.1. The highest BCUT2D eigenvalue weighted by atomic mass is 19.1. The van der Waals surface area contributed by atoms with E-state index >= 15 is 0 Å². The molecule has 1 unspecified atom stereocenters. The van der Waals surface area contributed by atoms with Gasteiger partial charge in [0.1, 0.15) is 17.5 Å². The second-order valence-electron chi connectivity index (χ2n) is 6.33. The highest BCUT2D eigenvalue weighted by Gasteiger charge is 2.36. The first kappa shape index (κ1) is 16.3. The summed E-state index contributed by atoms with van der Waals surface area (Å²) in [7, 11) is 0. The number of benzene rings is 1. The normalized spacial score (nSPS) is 18.2. The maximum Gasteiger partial charge on any atom is 0.410 e. The Balaban J connectivity index is 2.03. The molecule has 1 aliphatic heterocycles. The average Bonchev–Trinajstić information content (AvgIpc) is 2.85. The summed E-state index contributed by atoms with van der Waals surface area (Å²) in [5.41, 5.74) is -0.232. The van der Waals surface area contributed by atoms with E-state index in [0.717, 1.165) is 6.42 Å².